The maximum Gasteiger partial charge on any atom is 0.104 e. The molecule has 0 amide bonds. The normalized spacial score (nSPS) is 11.1. The van der Waals surface area contributed by atoms with Gasteiger partial charge < -0.3 is 24.3 Å². The monoisotopic (exact) mass is 418 g/mol. The van der Waals surface area contributed by atoms with Crippen LogP contribution in [0.25, 0.3) is 0 Å². The van der Waals surface area contributed by atoms with E-state index in [1.54, 1.807) is 20.8 Å². The Bertz CT molecular complexity index is 644. The molecule has 0 fully saturated rings. The molecule has 1 N–H and O–H groups in total. The van der Waals surface area contributed by atoms with Gasteiger partial charge in [-0.05, 0) is 0 Å². The van der Waals surface area contributed by atoms with Gasteiger partial charge in [-0.1, -0.05) is 81.4 Å². The Morgan fingerprint density at radius 1 is 0.700 bits per heavy atom. The molecular weight excluding hydrogens is 376 g/mol. The second-order valence-corrected chi connectivity index (χ2v) is 10.4. The van der Waals surface area contributed by atoms with E-state index < -0.39 is 11.4 Å². The van der Waals surface area contributed by atoms with E-state index in [2.05, 4.69) is 103 Å². The van der Waals surface area contributed by atoms with Gasteiger partial charge in [0, 0.05) is 22.5 Å². The maximum absolute atomic E-state index is 9.91. The fraction of sp³-hybridized carbons (Fsp3) is 0.480. The van der Waals surface area contributed by atoms with Crippen molar-refractivity contribution in [2.75, 3.05) is 42.3 Å². The van der Waals surface area contributed by atoms with Crippen LogP contribution in [0, 0.1) is 5.41 Å². The highest BCUT2D eigenvalue weighted by Crippen LogP contribution is 2.09. The van der Waals surface area contributed by atoms with Crippen LogP contribution in [0.1, 0.15) is 31.9 Å². The third-order valence-corrected chi connectivity index (χ3v) is 3.61. The Kier molecular flexibility index (Phi) is 13.2. The van der Waals surface area contributed by atoms with Crippen molar-refractivity contribution < 1.29 is 24.3 Å². The number of carbonyl (C=O) groups excluding carboxylic acids is 1. The number of nitrogens with zero attached hydrogens (tertiary/aromatic N) is 2. The molecule has 0 unspecified atom stereocenters. The van der Waals surface area contributed by atoms with Gasteiger partial charge in [-0.3, -0.25) is 0 Å². The van der Waals surface area contributed by atoms with Crippen LogP contribution in [0.5, 0.6) is 0 Å². The van der Waals surface area contributed by atoms with Crippen LogP contribution in [0.4, 0.5) is 0 Å². The lowest BCUT2D eigenvalue weighted by Gasteiger charge is -2.23. The Balaban J connectivity index is 0. The number of carboxylic acid groups (broad SMARTS) is 1. The van der Waals surface area contributed by atoms with E-state index in [1.165, 1.54) is 11.1 Å². The lowest BCUT2D eigenvalue weighted by Crippen LogP contribution is -2.35. The van der Waals surface area contributed by atoms with Gasteiger partial charge >= 0.3 is 0 Å². The summed E-state index contributed by atoms with van der Waals surface area (Å²) in [5, 5.41) is 9.91. The summed E-state index contributed by atoms with van der Waals surface area (Å²) in [6.07, 6.45) is 0. The molecule has 0 atom stereocenters. The Morgan fingerprint density at radius 2 is 0.933 bits per heavy atom. The van der Waals surface area contributed by atoms with E-state index in [0.717, 1.165) is 22.1 Å². The summed E-state index contributed by atoms with van der Waals surface area (Å²) in [6.45, 7) is 6.99. The van der Waals surface area contributed by atoms with Gasteiger partial charge in [-0.25, -0.2) is 0 Å². The molecule has 2 aromatic carbocycles. The molecule has 0 heterocycles. The summed E-state index contributed by atoms with van der Waals surface area (Å²) in [6, 6.07) is 21.1. The van der Waals surface area contributed by atoms with Crippen LogP contribution in [-0.2, 0) is 17.9 Å². The molecule has 0 aliphatic heterocycles. The Hall–Kier alpha value is -2.21. The first-order valence-electron chi connectivity index (χ1n) is 10.0. The smallest absolute Gasteiger partial charge is 0.104 e. The minimum atomic E-state index is -1.01. The van der Waals surface area contributed by atoms with Crippen LogP contribution < -0.4 is 5.11 Å². The quantitative estimate of drug-likeness (QED) is 0.715. The van der Waals surface area contributed by atoms with Gasteiger partial charge in [-0.2, -0.15) is 0 Å². The molecule has 0 aliphatic carbocycles. The van der Waals surface area contributed by atoms with Crippen LogP contribution in [0.2, 0.25) is 0 Å². The number of carbonyl (C=O) groups is 1. The molecule has 0 saturated carbocycles. The molecule has 0 aromatic heterocycles. The van der Waals surface area contributed by atoms with Gasteiger partial charge in [0.2, 0.25) is 0 Å². The topological polar surface area (TPSA) is 70.1 Å². The predicted molar refractivity (Wildman–Crippen MR) is 123 cm³/mol. The lowest BCUT2D eigenvalue weighted by atomic mass is 9.98. The van der Waals surface area contributed by atoms with Crippen LogP contribution in [0.3, 0.4) is 0 Å². The first kappa shape index (κ1) is 30.0. The molecule has 2 rings (SSSR count). The van der Waals surface area contributed by atoms with Crippen LogP contribution >= 0.6 is 0 Å². The molecule has 5 heteroatoms. The minimum Gasteiger partial charge on any atom is -0.870 e. The molecule has 0 aliphatic rings. The third kappa shape index (κ3) is 17.9. The fourth-order valence-electron chi connectivity index (χ4n) is 2.26. The van der Waals surface area contributed by atoms with Crippen molar-refractivity contribution in [1.29, 1.82) is 0 Å². The fourth-order valence-corrected chi connectivity index (χ4v) is 2.26. The average molecular weight is 419 g/mol. The zero-order valence-corrected chi connectivity index (χ0v) is 20.3. The third-order valence-electron chi connectivity index (χ3n) is 3.61. The standard InChI is InChI=1S/2C10H16N.C5H10O2.H2O/c2*1-11(2,3)9-10-7-5-4-6-8-10;1-5(2,3)4(6)7;/h2*4-8H,9H2,1-3H3;1-3H3,(H,6,7);1H2/q2*+1;;/p-2. The van der Waals surface area contributed by atoms with Crippen molar-refractivity contribution in [1.82, 2.24) is 0 Å². The van der Waals surface area contributed by atoms with Crippen molar-refractivity contribution in [3.05, 3.63) is 71.8 Å². The lowest BCUT2D eigenvalue weighted by molar-refractivity contribution is -0.884. The number of aliphatic carboxylic acids is 1. The van der Waals surface area contributed by atoms with Crippen LogP contribution in [0.15, 0.2) is 60.7 Å². The highest BCUT2D eigenvalue weighted by molar-refractivity contribution is 5.70. The number of rotatable bonds is 4. The molecule has 0 bridgehead atoms. The predicted octanol–water partition coefficient (Wildman–Crippen LogP) is 3.39. The number of benzene rings is 2. The van der Waals surface area contributed by atoms with E-state index in [1.807, 2.05) is 0 Å². The van der Waals surface area contributed by atoms with Crippen molar-refractivity contribution in [2.24, 2.45) is 5.41 Å². The molecule has 0 spiro atoms. The summed E-state index contributed by atoms with van der Waals surface area (Å²) in [4.78, 5) is 9.91. The van der Waals surface area contributed by atoms with E-state index in [-0.39, 0.29) is 5.48 Å². The first-order chi connectivity index (χ1) is 13.1. The summed E-state index contributed by atoms with van der Waals surface area (Å²) < 4.78 is 1.98. The Labute approximate surface area is 184 Å². The molecule has 0 saturated heterocycles. The SMILES string of the molecule is CC(C)(C)C(=O)[O-].C[N+](C)(C)Cc1ccccc1.C[N+](C)(C)Cc1ccccc1.[OH-]. The summed E-state index contributed by atoms with van der Waals surface area (Å²) in [5.41, 5.74) is 2.11. The molecular formula is C25H42N2O3. The van der Waals surface area contributed by atoms with E-state index in [0.29, 0.717) is 0 Å². The summed E-state index contributed by atoms with van der Waals surface area (Å²) >= 11 is 0. The zero-order valence-electron chi connectivity index (χ0n) is 20.3. The second-order valence-electron chi connectivity index (χ2n) is 10.4. The molecule has 0 radical (unpaired) electrons. The molecule has 5 nitrogen and oxygen atoms in total. The molecule has 170 valence electrons. The largest absolute Gasteiger partial charge is 0.870 e. The first-order valence-corrected chi connectivity index (χ1v) is 10.0. The van der Waals surface area contributed by atoms with Gasteiger partial charge in [-0.15, -0.1) is 0 Å². The number of carboxylic acids is 1. The van der Waals surface area contributed by atoms with Gasteiger partial charge in [0.15, 0.2) is 0 Å². The van der Waals surface area contributed by atoms with E-state index in [9.17, 15) is 9.90 Å². The van der Waals surface area contributed by atoms with Gasteiger partial charge in [0.05, 0.1) is 42.3 Å². The number of quaternary nitrogens is 2. The molecule has 30 heavy (non-hydrogen) atoms. The van der Waals surface area contributed by atoms with Crippen LogP contribution in [-0.4, -0.2) is 62.7 Å². The average Bonchev–Trinajstić information content (AvgIpc) is 2.54. The highest BCUT2D eigenvalue weighted by atomic mass is 16.4. The van der Waals surface area contributed by atoms with Crippen molar-refractivity contribution >= 4 is 5.97 Å². The van der Waals surface area contributed by atoms with Gasteiger partial charge in [0.25, 0.3) is 0 Å². The Morgan fingerprint density at radius 3 is 1.10 bits per heavy atom. The summed E-state index contributed by atoms with van der Waals surface area (Å²) in [5.74, 6) is -1.01. The zero-order chi connectivity index (χ0) is 22.7. The molecule has 2 aromatic rings. The highest BCUT2D eigenvalue weighted by Gasteiger charge is 2.09. The van der Waals surface area contributed by atoms with Crippen molar-refractivity contribution in [2.45, 2.75) is 33.9 Å². The van der Waals surface area contributed by atoms with E-state index in [4.69, 9.17) is 0 Å². The van der Waals surface area contributed by atoms with Crippen molar-refractivity contribution in [3.63, 3.8) is 0 Å². The van der Waals surface area contributed by atoms with E-state index >= 15 is 0 Å². The van der Waals surface area contributed by atoms with Crippen molar-refractivity contribution in [3.8, 4) is 0 Å². The minimum absolute atomic E-state index is 0. The number of hydrogen-bond acceptors (Lipinski definition) is 3. The maximum atomic E-state index is 9.91. The summed E-state index contributed by atoms with van der Waals surface area (Å²) in [7, 11) is 13.2. The number of hydrogen-bond donors (Lipinski definition) is 0. The van der Waals surface area contributed by atoms with Gasteiger partial charge in [0.1, 0.15) is 13.1 Å². The second kappa shape index (κ2) is 13.2.